The number of urea groups is 1. The van der Waals surface area contributed by atoms with Crippen LogP contribution in [-0.4, -0.2) is 38.0 Å². The van der Waals surface area contributed by atoms with Gasteiger partial charge in [-0.15, -0.1) is 0 Å². The quantitative estimate of drug-likeness (QED) is 0.481. The van der Waals surface area contributed by atoms with Gasteiger partial charge in [-0.1, -0.05) is 55.1 Å². The van der Waals surface area contributed by atoms with Crippen LogP contribution in [0.2, 0.25) is 0 Å². The molecule has 4 amide bonds. The van der Waals surface area contributed by atoms with Crippen LogP contribution in [0.25, 0.3) is 5.52 Å². The minimum atomic E-state index is -1.18. The van der Waals surface area contributed by atoms with Crippen LogP contribution in [0.15, 0.2) is 66.1 Å². The molecule has 9 heteroatoms. The molecule has 1 fully saturated rings. The van der Waals surface area contributed by atoms with Crippen molar-refractivity contribution < 1.29 is 14.4 Å². The molecule has 1 aliphatic rings. The molecular weight excluding hydrogens is 390 g/mol. The summed E-state index contributed by atoms with van der Waals surface area (Å²) in [5.74, 6) is -0.956. The summed E-state index contributed by atoms with van der Waals surface area (Å²) >= 11 is 1.22. The van der Waals surface area contributed by atoms with Crippen LogP contribution in [0, 0.1) is 0 Å². The largest absolute Gasteiger partial charge is 0.344 e. The highest BCUT2D eigenvalue weighted by Crippen LogP contribution is 2.31. The van der Waals surface area contributed by atoms with E-state index in [0.717, 1.165) is 10.5 Å². The highest BCUT2D eigenvalue weighted by molar-refractivity contribution is 7.99. The molecule has 0 bridgehead atoms. The van der Waals surface area contributed by atoms with Crippen LogP contribution in [0.5, 0.6) is 0 Å². The number of pyridine rings is 1. The van der Waals surface area contributed by atoms with E-state index in [1.54, 1.807) is 30.5 Å². The maximum Gasteiger partial charge on any atom is 0.344 e. The number of imidazole rings is 1. The summed E-state index contributed by atoms with van der Waals surface area (Å²) in [5.41, 5.74) is 2.83. The smallest absolute Gasteiger partial charge is 0.318 e. The Morgan fingerprint density at radius 3 is 2.69 bits per heavy atom. The van der Waals surface area contributed by atoms with Crippen molar-refractivity contribution in [1.29, 1.82) is 0 Å². The Labute approximate surface area is 171 Å². The van der Waals surface area contributed by atoms with Crippen molar-refractivity contribution in [3.05, 3.63) is 66.5 Å². The highest BCUT2D eigenvalue weighted by Gasteiger charge is 2.52. The predicted molar refractivity (Wildman–Crippen MR) is 108 cm³/mol. The molecule has 3 heterocycles. The SMILES string of the molecule is CCC1(c2ccccc2)NC(=O)N(NC(=O)CSc2ncc3ccccn23)C1=O. The number of carbonyl (C=O) groups excluding carboxylic acids is 3. The molecule has 2 aromatic heterocycles. The number of aromatic nitrogens is 2. The number of fused-ring (bicyclic) bond motifs is 1. The van der Waals surface area contributed by atoms with E-state index in [2.05, 4.69) is 15.7 Å². The minimum absolute atomic E-state index is 0.00945. The first-order chi connectivity index (χ1) is 14.0. The maximum absolute atomic E-state index is 13.0. The first kappa shape index (κ1) is 19.0. The van der Waals surface area contributed by atoms with Crippen LogP contribution in [0.1, 0.15) is 18.9 Å². The standard InChI is InChI=1S/C20H19N5O3S/c1-2-20(14-8-4-3-5-9-14)17(27)25(18(28)22-20)23-16(26)13-29-19-21-12-15-10-6-7-11-24(15)19/h3-12H,2,13H2,1H3,(H,22,28)(H,23,26). The van der Waals surface area contributed by atoms with E-state index in [0.29, 0.717) is 17.1 Å². The number of rotatable bonds is 6. The van der Waals surface area contributed by atoms with Gasteiger partial charge in [-0.25, -0.2) is 9.78 Å². The second-order valence-electron chi connectivity index (χ2n) is 6.56. The lowest BCUT2D eigenvalue weighted by molar-refractivity contribution is -0.138. The molecule has 0 aliphatic carbocycles. The molecule has 148 valence electrons. The molecule has 1 atom stereocenters. The van der Waals surface area contributed by atoms with Crippen molar-refractivity contribution in [3.8, 4) is 0 Å². The van der Waals surface area contributed by atoms with E-state index in [1.807, 2.05) is 41.8 Å². The van der Waals surface area contributed by atoms with Gasteiger partial charge in [0.15, 0.2) is 5.16 Å². The third-order valence-corrected chi connectivity index (χ3v) is 5.83. The van der Waals surface area contributed by atoms with Crippen molar-refractivity contribution in [2.45, 2.75) is 24.0 Å². The normalized spacial score (nSPS) is 18.9. The molecule has 0 saturated carbocycles. The Bertz CT molecular complexity index is 1080. The Balaban J connectivity index is 1.45. The minimum Gasteiger partial charge on any atom is -0.318 e. The van der Waals surface area contributed by atoms with E-state index in [9.17, 15) is 14.4 Å². The molecule has 1 aliphatic heterocycles. The molecule has 0 radical (unpaired) electrons. The molecular formula is C20H19N5O3S. The van der Waals surface area contributed by atoms with Gasteiger partial charge >= 0.3 is 6.03 Å². The third kappa shape index (κ3) is 3.33. The van der Waals surface area contributed by atoms with Crippen molar-refractivity contribution in [1.82, 2.24) is 25.1 Å². The zero-order valence-corrected chi connectivity index (χ0v) is 16.5. The molecule has 29 heavy (non-hydrogen) atoms. The Morgan fingerprint density at radius 2 is 1.93 bits per heavy atom. The Morgan fingerprint density at radius 1 is 1.17 bits per heavy atom. The van der Waals surface area contributed by atoms with Gasteiger partial charge < -0.3 is 5.32 Å². The number of thioether (sulfide) groups is 1. The second kappa shape index (κ2) is 7.59. The number of benzene rings is 1. The maximum atomic E-state index is 13.0. The monoisotopic (exact) mass is 409 g/mol. The van der Waals surface area contributed by atoms with E-state index >= 15 is 0 Å². The lowest BCUT2D eigenvalue weighted by Gasteiger charge is -2.25. The molecule has 1 unspecified atom stereocenters. The summed E-state index contributed by atoms with van der Waals surface area (Å²) in [5, 5.41) is 4.15. The van der Waals surface area contributed by atoms with Gasteiger partial charge in [0.25, 0.3) is 5.91 Å². The summed E-state index contributed by atoms with van der Waals surface area (Å²) in [4.78, 5) is 42.2. The molecule has 1 saturated heterocycles. The van der Waals surface area contributed by atoms with Gasteiger partial charge in [-0.05, 0) is 24.1 Å². The van der Waals surface area contributed by atoms with Crippen molar-refractivity contribution in [2.75, 3.05) is 5.75 Å². The number of nitrogens with one attached hydrogen (secondary N) is 2. The van der Waals surface area contributed by atoms with Crippen LogP contribution in [0.3, 0.4) is 0 Å². The molecule has 2 N–H and O–H groups in total. The third-order valence-electron chi connectivity index (χ3n) is 4.86. The highest BCUT2D eigenvalue weighted by atomic mass is 32.2. The summed E-state index contributed by atoms with van der Waals surface area (Å²) in [6, 6.07) is 14.1. The van der Waals surface area contributed by atoms with E-state index in [1.165, 1.54) is 11.8 Å². The molecule has 1 aromatic carbocycles. The fourth-order valence-electron chi connectivity index (χ4n) is 3.35. The molecule has 4 rings (SSSR count). The number of amides is 4. The summed E-state index contributed by atoms with van der Waals surface area (Å²) in [6.07, 6.45) is 3.94. The molecule has 3 aromatic rings. The van der Waals surface area contributed by atoms with Crippen molar-refractivity contribution in [2.24, 2.45) is 0 Å². The van der Waals surface area contributed by atoms with Crippen molar-refractivity contribution in [3.63, 3.8) is 0 Å². The van der Waals surface area contributed by atoms with E-state index < -0.39 is 23.4 Å². The van der Waals surface area contributed by atoms with Crippen LogP contribution < -0.4 is 10.7 Å². The Hall–Kier alpha value is -3.33. The van der Waals surface area contributed by atoms with Gasteiger partial charge in [0.2, 0.25) is 5.91 Å². The number of carbonyl (C=O) groups is 3. The lowest BCUT2D eigenvalue weighted by atomic mass is 9.87. The first-order valence-corrected chi connectivity index (χ1v) is 10.1. The van der Waals surface area contributed by atoms with Gasteiger partial charge in [0.1, 0.15) is 5.54 Å². The van der Waals surface area contributed by atoms with E-state index in [4.69, 9.17) is 0 Å². The summed E-state index contributed by atoms with van der Waals surface area (Å²) in [6.45, 7) is 1.82. The number of hydrogen-bond acceptors (Lipinski definition) is 5. The van der Waals surface area contributed by atoms with Gasteiger partial charge in [-0.2, -0.15) is 5.01 Å². The number of hydrogen-bond donors (Lipinski definition) is 2. The average Bonchev–Trinajstić information content (AvgIpc) is 3.27. The second-order valence-corrected chi connectivity index (χ2v) is 7.50. The molecule has 0 spiro atoms. The molecule has 8 nitrogen and oxygen atoms in total. The summed E-state index contributed by atoms with van der Waals surface area (Å²) in [7, 11) is 0. The number of imide groups is 1. The summed E-state index contributed by atoms with van der Waals surface area (Å²) < 4.78 is 1.86. The number of hydrazine groups is 1. The predicted octanol–water partition coefficient (Wildman–Crippen LogP) is 2.31. The number of nitrogens with zero attached hydrogens (tertiary/aromatic N) is 3. The lowest BCUT2D eigenvalue weighted by Crippen LogP contribution is -2.49. The zero-order chi connectivity index (χ0) is 20.4. The van der Waals surface area contributed by atoms with E-state index in [-0.39, 0.29) is 5.75 Å². The zero-order valence-electron chi connectivity index (χ0n) is 15.7. The fourth-order valence-corrected chi connectivity index (χ4v) is 4.11. The van der Waals surface area contributed by atoms with Gasteiger partial charge in [-0.3, -0.25) is 19.4 Å². The first-order valence-electron chi connectivity index (χ1n) is 9.12. The van der Waals surface area contributed by atoms with Crippen LogP contribution in [-0.2, 0) is 15.1 Å². The topological polar surface area (TPSA) is 95.8 Å². The fraction of sp³-hybridized carbons (Fsp3) is 0.200. The van der Waals surface area contributed by atoms with Gasteiger partial charge in [0.05, 0.1) is 17.5 Å². The van der Waals surface area contributed by atoms with Gasteiger partial charge in [0, 0.05) is 6.20 Å². The van der Waals surface area contributed by atoms with Crippen LogP contribution >= 0.6 is 11.8 Å². The van der Waals surface area contributed by atoms with Crippen LogP contribution in [0.4, 0.5) is 4.79 Å². The Kier molecular flexibility index (Phi) is 4.98. The van der Waals surface area contributed by atoms with Crippen molar-refractivity contribution >= 4 is 35.1 Å². The average molecular weight is 409 g/mol.